The predicted octanol–water partition coefficient (Wildman–Crippen LogP) is 0.963. The Morgan fingerprint density at radius 2 is 1.70 bits per heavy atom. The standard InChI is InChI=1S/C5H13NO3P/c1-3-5(6,4-2)10(7,8)9/h6H,3-4H2,1-2H3,(H2,7,8,9). The Morgan fingerprint density at radius 3 is 1.70 bits per heavy atom. The fraction of sp³-hybridized carbons (Fsp3) is 1.00. The summed E-state index contributed by atoms with van der Waals surface area (Å²) >= 11 is 0. The molecule has 4 nitrogen and oxygen atoms in total. The first kappa shape index (κ1) is 10.1. The van der Waals surface area contributed by atoms with Gasteiger partial charge in [-0.15, -0.1) is 0 Å². The fourth-order valence-corrected chi connectivity index (χ4v) is 1.49. The van der Waals surface area contributed by atoms with Crippen molar-refractivity contribution in [3.63, 3.8) is 0 Å². The first-order chi connectivity index (χ1) is 4.37. The maximum atomic E-state index is 10.6. The second kappa shape index (κ2) is 3.01. The molecule has 0 aromatic heterocycles. The first-order valence-electron chi connectivity index (χ1n) is 3.18. The smallest absolute Gasteiger partial charge is 0.323 e. The average Bonchev–Trinajstić information content (AvgIpc) is 1.84. The Hall–Kier alpha value is 0.110. The molecule has 0 aliphatic heterocycles. The summed E-state index contributed by atoms with van der Waals surface area (Å²) in [7, 11) is -4.22. The highest BCUT2D eigenvalue weighted by Crippen LogP contribution is 2.51. The molecule has 0 saturated carbocycles. The Morgan fingerprint density at radius 1 is 1.40 bits per heavy atom. The van der Waals surface area contributed by atoms with Crippen LogP contribution in [0.1, 0.15) is 26.7 Å². The van der Waals surface area contributed by atoms with E-state index in [1.54, 1.807) is 13.8 Å². The van der Waals surface area contributed by atoms with Gasteiger partial charge in [-0.05, 0) is 12.8 Å². The van der Waals surface area contributed by atoms with Crippen LogP contribution in [0.2, 0.25) is 0 Å². The monoisotopic (exact) mass is 166 g/mol. The van der Waals surface area contributed by atoms with Crippen LogP contribution < -0.4 is 5.73 Å². The van der Waals surface area contributed by atoms with Crippen molar-refractivity contribution in [2.75, 3.05) is 0 Å². The van der Waals surface area contributed by atoms with Gasteiger partial charge in [-0.3, -0.25) is 4.57 Å². The van der Waals surface area contributed by atoms with E-state index in [0.717, 1.165) is 0 Å². The van der Waals surface area contributed by atoms with Crippen molar-refractivity contribution in [3.8, 4) is 0 Å². The lowest BCUT2D eigenvalue weighted by atomic mass is 10.2. The summed E-state index contributed by atoms with van der Waals surface area (Å²) in [6.07, 6.45) is 0.377. The first-order valence-corrected chi connectivity index (χ1v) is 4.79. The topological polar surface area (TPSA) is 81.3 Å². The second-order valence-electron chi connectivity index (χ2n) is 2.28. The van der Waals surface area contributed by atoms with Gasteiger partial charge in [-0.1, -0.05) is 13.8 Å². The molecule has 0 fully saturated rings. The number of nitrogens with one attached hydrogen (secondary N) is 1. The van der Waals surface area contributed by atoms with Crippen LogP contribution in [0.15, 0.2) is 0 Å². The highest BCUT2D eigenvalue weighted by molar-refractivity contribution is 7.53. The normalized spacial score (nSPS) is 13.7. The molecule has 0 heterocycles. The average molecular weight is 166 g/mol. The molecule has 10 heavy (non-hydrogen) atoms. The molecule has 1 radical (unpaired) electrons. The van der Waals surface area contributed by atoms with Crippen LogP contribution in [0.5, 0.6) is 0 Å². The summed E-state index contributed by atoms with van der Waals surface area (Å²) in [5.41, 5.74) is 7.31. The van der Waals surface area contributed by atoms with Crippen molar-refractivity contribution >= 4 is 7.60 Å². The third-order valence-corrected chi connectivity index (χ3v) is 3.47. The lowest BCUT2D eigenvalue weighted by Crippen LogP contribution is -2.28. The zero-order chi connectivity index (χ0) is 8.41. The van der Waals surface area contributed by atoms with E-state index in [0.29, 0.717) is 0 Å². The van der Waals surface area contributed by atoms with Gasteiger partial charge < -0.3 is 9.79 Å². The van der Waals surface area contributed by atoms with Crippen molar-refractivity contribution in [2.45, 2.75) is 32.0 Å². The zero-order valence-electron chi connectivity index (χ0n) is 6.16. The number of rotatable bonds is 3. The molecule has 3 N–H and O–H groups in total. The number of hydrogen-bond acceptors (Lipinski definition) is 1. The van der Waals surface area contributed by atoms with Crippen molar-refractivity contribution in [3.05, 3.63) is 0 Å². The zero-order valence-corrected chi connectivity index (χ0v) is 7.06. The van der Waals surface area contributed by atoms with E-state index >= 15 is 0 Å². The molecule has 61 valence electrons. The van der Waals surface area contributed by atoms with Gasteiger partial charge in [0.25, 0.3) is 0 Å². The second-order valence-corrected chi connectivity index (χ2v) is 4.23. The van der Waals surface area contributed by atoms with Gasteiger partial charge in [0.15, 0.2) is 0 Å². The van der Waals surface area contributed by atoms with Gasteiger partial charge in [0.1, 0.15) is 5.28 Å². The van der Waals surface area contributed by atoms with Crippen LogP contribution in [-0.2, 0) is 4.57 Å². The molecule has 0 aromatic carbocycles. The largest absolute Gasteiger partial charge is 0.346 e. The third-order valence-electron chi connectivity index (χ3n) is 1.73. The molecule has 0 aromatic rings. The van der Waals surface area contributed by atoms with Gasteiger partial charge in [-0.25, -0.2) is 5.73 Å². The van der Waals surface area contributed by atoms with Gasteiger partial charge in [0, 0.05) is 0 Å². The maximum absolute atomic E-state index is 10.6. The van der Waals surface area contributed by atoms with Crippen LogP contribution in [0.25, 0.3) is 0 Å². The summed E-state index contributed by atoms with van der Waals surface area (Å²) in [5.74, 6) is 0. The molecule has 5 heteroatoms. The molecule has 0 unspecified atom stereocenters. The van der Waals surface area contributed by atoms with Crippen LogP contribution >= 0.6 is 7.60 Å². The molecule has 0 amide bonds. The molecule has 0 bridgehead atoms. The quantitative estimate of drug-likeness (QED) is 0.612. The van der Waals surface area contributed by atoms with Gasteiger partial charge >= 0.3 is 7.60 Å². The minimum Gasteiger partial charge on any atom is -0.323 e. The van der Waals surface area contributed by atoms with E-state index in [4.69, 9.17) is 15.5 Å². The highest BCUT2D eigenvalue weighted by Gasteiger charge is 2.40. The van der Waals surface area contributed by atoms with Crippen molar-refractivity contribution in [1.29, 1.82) is 0 Å². The molecule has 0 aliphatic rings. The van der Waals surface area contributed by atoms with Crippen molar-refractivity contribution < 1.29 is 14.4 Å². The Balaban J connectivity index is 4.50. The lowest BCUT2D eigenvalue weighted by molar-refractivity contribution is 0.312. The van der Waals surface area contributed by atoms with Gasteiger partial charge in [0.2, 0.25) is 0 Å². The molecule has 0 saturated heterocycles. The Kier molecular flexibility index (Phi) is 3.04. The summed E-state index contributed by atoms with van der Waals surface area (Å²) in [5, 5.41) is -1.56. The fourth-order valence-electron chi connectivity index (χ4n) is 0.662. The maximum Gasteiger partial charge on any atom is 0.346 e. The van der Waals surface area contributed by atoms with E-state index in [1.807, 2.05) is 0 Å². The van der Waals surface area contributed by atoms with E-state index in [1.165, 1.54) is 0 Å². The van der Waals surface area contributed by atoms with Crippen LogP contribution in [0.3, 0.4) is 0 Å². The molecular formula is C5H13NO3P. The lowest BCUT2D eigenvalue weighted by Gasteiger charge is -2.25. The van der Waals surface area contributed by atoms with Gasteiger partial charge in [0.05, 0.1) is 0 Å². The highest BCUT2D eigenvalue weighted by atomic mass is 31.2. The SMILES string of the molecule is CCC([NH])(CC)P(=O)(O)O. The van der Waals surface area contributed by atoms with Crippen LogP contribution in [0.4, 0.5) is 0 Å². The molecule has 0 rings (SSSR count). The molecular weight excluding hydrogens is 153 g/mol. The van der Waals surface area contributed by atoms with E-state index in [2.05, 4.69) is 0 Å². The molecule has 0 spiro atoms. The Bertz CT molecular complexity index is 149. The molecule has 0 aliphatic carbocycles. The predicted molar refractivity (Wildman–Crippen MR) is 38.5 cm³/mol. The minimum absolute atomic E-state index is 0.188. The summed E-state index contributed by atoms with van der Waals surface area (Å²) in [6.45, 7) is 3.21. The third kappa shape index (κ3) is 1.80. The Labute approximate surface area is 60.6 Å². The van der Waals surface area contributed by atoms with E-state index < -0.39 is 12.9 Å². The summed E-state index contributed by atoms with van der Waals surface area (Å²) in [6, 6.07) is 0. The minimum atomic E-state index is -4.22. The molecule has 0 atom stereocenters. The number of hydrogen-bond donors (Lipinski definition) is 2. The van der Waals surface area contributed by atoms with Crippen molar-refractivity contribution in [2.24, 2.45) is 0 Å². The van der Waals surface area contributed by atoms with Gasteiger partial charge in [-0.2, -0.15) is 0 Å². The summed E-state index contributed by atoms with van der Waals surface area (Å²) in [4.78, 5) is 17.3. The van der Waals surface area contributed by atoms with E-state index in [-0.39, 0.29) is 12.8 Å². The van der Waals surface area contributed by atoms with E-state index in [9.17, 15) is 4.57 Å². The van der Waals surface area contributed by atoms with Crippen molar-refractivity contribution in [1.82, 2.24) is 5.73 Å². The van der Waals surface area contributed by atoms with Crippen LogP contribution in [0, 0.1) is 0 Å². The van der Waals surface area contributed by atoms with Crippen LogP contribution in [-0.4, -0.2) is 15.1 Å². The summed E-state index contributed by atoms with van der Waals surface area (Å²) < 4.78 is 10.6.